The van der Waals surface area contributed by atoms with E-state index in [-0.39, 0.29) is 24.3 Å². The first-order valence-electron chi connectivity index (χ1n) is 8.89. The summed E-state index contributed by atoms with van der Waals surface area (Å²) in [5.41, 5.74) is 0.928. The van der Waals surface area contributed by atoms with E-state index in [4.69, 9.17) is 8.83 Å². The molecule has 4 rings (SSSR count). The van der Waals surface area contributed by atoms with Crippen molar-refractivity contribution in [2.24, 2.45) is 5.92 Å². The van der Waals surface area contributed by atoms with E-state index in [1.165, 1.54) is 0 Å². The number of nitrogens with one attached hydrogen (secondary N) is 1. The number of rotatable bonds is 6. The van der Waals surface area contributed by atoms with E-state index in [9.17, 15) is 9.59 Å². The smallest absolute Gasteiger partial charge is 0.226 e. The van der Waals surface area contributed by atoms with E-state index in [2.05, 4.69) is 5.32 Å². The average Bonchev–Trinajstić information content (AvgIpc) is 3.44. The van der Waals surface area contributed by atoms with Gasteiger partial charge in [-0.2, -0.15) is 0 Å². The molecule has 6 heteroatoms. The number of carbonyl (C=O) groups excluding carboxylic acids is 2. The Morgan fingerprint density at radius 1 is 1.07 bits per heavy atom. The molecule has 3 aromatic rings. The summed E-state index contributed by atoms with van der Waals surface area (Å²) in [5.74, 6) is 0.776. The maximum Gasteiger partial charge on any atom is 0.226 e. The zero-order valence-electron chi connectivity index (χ0n) is 14.7. The largest absolute Gasteiger partial charge is 0.467 e. The van der Waals surface area contributed by atoms with Gasteiger partial charge >= 0.3 is 0 Å². The standard InChI is InChI=1S/C21H20N2O4/c24-19-12-16(13-23(19)14-17-8-4-10-26-17)21(25)22-20(18-9-5-11-27-18)15-6-2-1-3-7-15/h1-11,16,20H,12-14H2,(H,22,25). The Hall–Kier alpha value is -3.28. The number of hydrogen-bond donors (Lipinski definition) is 1. The Balaban J connectivity index is 1.46. The number of benzene rings is 1. The van der Waals surface area contributed by atoms with Gasteiger partial charge < -0.3 is 19.1 Å². The van der Waals surface area contributed by atoms with Crippen molar-refractivity contribution in [3.8, 4) is 0 Å². The third kappa shape index (κ3) is 3.79. The van der Waals surface area contributed by atoms with Gasteiger partial charge in [-0.25, -0.2) is 0 Å². The van der Waals surface area contributed by atoms with Crippen LogP contribution in [0.3, 0.4) is 0 Å². The van der Waals surface area contributed by atoms with Crippen LogP contribution < -0.4 is 5.32 Å². The van der Waals surface area contributed by atoms with Gasteiger partial charge in [0.2, 0.25) is 11.8 Å². The van der Waals surface area contributed by atoms with Crippen LogP contribution >= 0.6 is 0 Å². The van der Waals surface area contributed by atoms with Crippen molar-refractivity contribution < 1.29 is 18.4 Å². The molecule has 0 radical (unpaired) electrons. The molecule has 0 bridgehead atoms. The van der Waals surface area contributed by atoms with Crippen molar-refractivity contribution in [1.82, 2.24) is 10.2 Å². The molecule has 2 atom stereocenters. The molecule has 0 saturated carbocycles. The lowest BCUT2D eigenvalue weighted by Gasteiger charge is -2.20. The Bertz CT molecular complexity index is 888. The van der Waals surface area contributed by atoms with Crippen LogP contribution in [0.25, 0.3) is 0 Å². The highest BCUT2D eigenvalue weighted by Gasteiger charge is 2.36. The number of likely N-dealkylation sites (tertiary alicyclic amines) is 1. The summed E-state index contributed by atoms with van der Waals surface area (Å²) < 4.78 is 10.8. The molecular weight excluding hydrogens is 344 g/mol. The molecule has 2 unspecified atom stereocenters. The maximum absolute atomic E-state index is 12.9. The molecule has 27 heavy (non-hydrogen) atoms. The lowest BCUT2D eigenvalue weighted by atomic mass is 10.0. The summed E-state index contributed by atoms with van der Waals surface area (Å²) in [6.07, 6.45) is 3.36. The molecular formula is C21H20N2O4. The number of furan rings is 2. The summed E-state index contributed by atoms with van der Waals surface area (Å²) in [7, 11) is 0. The predicted molar refractivity (Wildman–Crippen MR) is 97.4 cm³/mol. The van der Waals surface area contributed by atoms with Crippen molar-refractivity contribution in [3.63, 3.8) is 0 Å². The second kappa shape index (κ2) is 7.53. The van der Waals surface area contributed by atoms with Crippen LogP contribution in [0, 0.1) is 5.92 Å². The zero-order valence-corrected chi connectivity index (χ0v) is 14.7. The molecule has 0 spiro atoms. The minimum absolute atomic E-state index is 0.0409. The van der Waals surface area contributed by atoms with Crippen LogP contribution in [0.2, 0.25) is 0 Å². The van der Waals surface area contributed by atoms with Gasteiger partial charge in [-0.15, -0.1) is 0 Å². The van der Waals surface area contributed by atoms with Crippen LogP contribution in [0.1, 0.15) is 29.5 Å². The van der Waals surface area contributed by atoms with Gasteiger partial charge in [0.05, 0.1) is 25.0 Å². The molecule has 2 aromatic heterocycles. The fourth-order valence-corrected chi connectivity index (χ4v) is 3.37. The summed E-state index contributed by atoms with van der Waals surface area (Å²) in [5, 5.41) is 3.04. The van der Waals surface area contributed by atoms with Crippen LogP contribution in [-0.4, -0.2) is 23.3 Å². The van der Waals surface area contributed by atoms with E-state index in [1.807, 2.05) is 42.5 Å². The summed E-state index contributed by atoms with van der Waals surface area (Å²) >= 11 is 0. The SMILES string of the molecule is O=C(NC(c1ccccc1)c1ccco1)C1CC(=O)N(Cc2ccco2)C1. The normalized spacial score (nSPS) is 17.9. The minimum atomic E-state index is -0.395. The summed E-state index contributed by atoms with van der Waals surface area (Å²) in [4.78, 5) is 26.8. The molecule has 1 aliphatic heterocycles. The summed E-state index contributed by atoms with van der Waals surface area (Å²) in [6.45, 7) is 0.765. The van der Waals surface area contributed by atoms with E-state index in [1.54, 1.807) is 29.6 Å². The minimum Gasteiger partial charge on any atom is -0.467 e. The van der Waals surface area contributed by atoms with Crippen LogP contribution in [0.5, 0.6) is 0 Å². The highest BCUT2D eigenvalue weighted by atomic mass is 16.3. The van der Waals surface area contributed by atoms with Gasteiger partial charge in [-0.3, -0.25) is 9.59 Å². The molecule has 1 fully saturated rings. The summed E-state index contributed by atoms with van der Waals surface area (Å²) in [6, 6.07) is 16.5. The van der Waals surface area contributed by atoms with Crippen molar-refractivity contribution in [1.29, 1.82) is 0 Å². The Kier molecular flexibility index (Phi) is 4.78. The first-order chi connectivity index (χ1) is 13.2. The number of carbonyl (C=O) groups is 2. The highest BCUT2D eigenvalue weighted by molar-refractivity contribution is 5.89. The van der Waals surface area contributed by atoms with Crippen LogP contribution in [0.4, 0.5) is 0 Å². The Labute approximate surface area is 156 Å². The molecule has 1 aromatic carbocycles. The molecule has 1 aliphatic rings. The van der Waals surface area contributed by atoms with E-state index >= 15 is 0 Å². The molecule has 3 heterocycles. The van der Waals surface area contributed by atoms with Crippen molar-refractivity contribution in [3.05, 3.63) is 84.2 Å². The lowest BCUT2D eigenvalue weighted by molar-refractivity contribution is -0.129. The molecule has 0 aliphatic carbocycles. The number of amides is 2. The highest BCUT2D eigenvalue weighted by Crippen LogP contribution is 2.25. The van der Waals surface area contributed by atoms with Crippen molar-refractivity contribution in [2.75, 3.05) is 6.54 Å². The fraction of sp³-hybridized carbons (Fsp3) is 0.238. The fourth-order valence-electron chi connectivity index (χ4n) is 3.37. The molecule has 138 valence electrons. The zero-order chi connectivity index (χ0) is 18.6. The second-order valence-corrected chi connectivity index (χ2v) is 6.62. The van der Waals surface area contributed by atoms with E-state index in [0.717, 1.165) is 5.56 Å². The Morgan fingerprint density at radius 2 is 1.85 bits per heavy atom. The Morgan fingerprint density at radius 3 is 2.56 bits per heavy atom. The van der Waals surface area contributed by atoms with Gasteiger partial charge in [0.25, 0.3) is 0 Å². The monoisotopic (exact) mass is 364 g/mol. The predicted octanol–water partition coefficient (Wildman–Crippen LogP) is 3.13. The first kappa shape index (κ1) is 17.1. The third-order valence-corrected chi connectivity index (χ3v) is 4.76. The van der Waals surface area contributed by atoms with Crippen LogP contribution in [0.15, 0.2) is 76.0 Å². The molecule has 2 amide bonds. The topological polar surface area (TPSA) is 75.7 Å². The third-order valence-electron chi connectivity index (χ3n) is 4.76. The molecule has 6 nitrogen and oxygen atoms in total. The van der Waals surface area contributed by atoms with E-state index in [0.29, 0.717) is 24.6 Å². The number of hydrogen-bond acceptors (Lipinski definition) is 4. The van der Waals surface area contributed by atoms with Gasteiger partial charge in [0.15, 0.2) is 0 Å². The van der Waals surface area contributed by atoms with E-state index < -0.39 is 5.92 Å². The molecule has 1 N–H and O–H groups in total. The van der Waals surface area contributed by atoms with Crippen molar-refractivity contribution in [2.45, 2.75) is 19.0 Å². The van der Waals surface area contributed by atoms with Crippen molar-refractivity contribution >= 4 is 11.8 Å². The first-order valence-corrected chi connectivity index (χ1v) is 8.89. The lowest BCUT2D eigenvalue weighted by Crippen LogP contribution is -2.35. The molecule has 1 saturated heterocycles. The number of nitrogens with zero attached hydrogens (tertiary/aromatic N) is 1. The maximum atomic E-state index is 12.9. The van der Waals surface area contributed by atoms with Gasteiger partial charge in [0.1, 0.15) is 17.6 Å². The van der Waals surface area contributed by atoms with Gasteiger partial charge in [-0.05, 0) is 29.8 Å². The van der Waals surface area contributed by atoms with Gasteiger partial charge in [-0.1, -0.05) is 30.3 Å². The van der Waals surface area contributed by atoms with Crippen LogP contribution in [-0.2, 0) is 16.1 Å². The van der Waals surface area contributed by atoms with Gasteiger partial charge in [0, 0.05) is 13.0 Å². The second-order valence-electron chi connectivity index (χ2n) is 6.62. The quantitative estimate of drug-likeness (QED) is 0.729. The average molecular weight is 364 g/mol.